The van der Waals surface area contributed by atoms with Gasteiger partial charge in [-0.1, -0.05) is 23.2 Å². The first-order valence-electron chi connectivity index (χ1n) is 5.11. The zero-order valence-corrected chi connectivity index (χ0v) is 11.2. The normalized spacial score (nSPS) is 10.5. The zero-order chi connectivity index (χ0) is 13.3. The Hall–Kier alpha value is -1.39. The summed E-state index contributed by atoms with van der Waals surface area (Å²) in [6, 6.07) is 3.86. The van der Waals surface area contributed by atoms with Gasteiger partial charge in [0.15, 0.2) is 0 Å². The summed E-state index contributed by atoms with van der Waals surface area (Å²) in [5.41, 5.74) is 0.600. The van der Waals surface area contributed by atoms with Crippen molar-refractivity contribution in [3.05, 3.63) is 45.6 Å². The summed E-state index contributed by atoms with van der Waals surface area (Å²) in [5, 5.41) is 0.484. The van der Waals surface area contributed by atoms with Crippen molar-refractivity contribution in [3.8, 4) is 11.6 Å². The third-order valence-electron chi connectivity index (χ3n) is 2.25. The molecule has 0 N–H and O–H groups in total. The molecule has 0 aliphatic heterocycles. The molecule has 1 aromatic heterocycles. The maximum atomic E-state index is 12.9. The third-order valence-corrected chi connectivity index (χ3v) is 2.92. The van der Waals surface area contributed by atoms with Crippen molar-refractivity contribution < 1.29 is 9.13 Å². The number of nitrogens with zero attached hydrogens (tertiary/aromatic N) is 2. The lowest BCUT2D eigenvalue weighted by Crippen LogP contribution is -1.98. The SMILES string of the molecule is Cc1nc(Cl)c(C)c(Oc2ccc(F)cc2Cl)n1. The Kier molecular flexibility index (Phi) is 3.68. The van der Waals surface area contributed by atoms with Crippen LogP contribution in [0.4, 0.5) is 4.39 Å². The van der Waals surface area contributed by atoms with Gasteiger partial charge in [0.25, 0.3) is 0 Å². The topological polar surface area (TPSA) is 35.0 Å². The highest BCUT2D eigenvalue weighted by Gasteiger charge is 2.11. The van der Waals surface area contributed by atoms with E-state index in [0.717, 1.165) is 0 Å². The maximum absolute atomic E-state index is 12.9. The van der Waals surface area contributed by atoms with Crippen molar-refractivity contribution in [2.75, 3.05) is 0 Å². The molecule has 0 spiro atoms. The Morgan fingerprint density at radius 3 is 2.56 bits per heavy atom. The van der Waals surface area contributed by atoms with E-state index in [1.807, 2.05) is 0 Å². The number of ether oxygens (including phenoxy) is 1. The third kappa shape index (κ3) is 2.71. The molecule has 0 bridgehead atoms. The number of aromatic nitrogens is 2. The lowest BCUT2D eigenvalue weighted by atomic mass is 10.3. The van der Waals surface area contributed by atoms with Crippen LogP contribution < -0.4 is 4.74 Å². The number of benzene rings is 1. The minimum atomic E-state index is -0.430. The van der Waals surface area contributed by atoms with Crippen LogP contribution in [0.1, 0.15) is 11.4 Å². The minimum Gasteiger partial charge on any atom is -0.437 e. The molecule has 0 saturated carbocycles. The van der Waals surface area contributed by atoms with Crippen molar-refractivity contribution in [3.63, 3.8) is 0 Å². The highest BCUT2D eigenvalue weighted by Crippen LogP contribution is 2.31. The smallest absolute Gasteiger partial charge is 0.227 e. The summed E-state index contributed by atoms with van der Waals surface area (Å²) in [7, 11) is 0. The molecular formula is C12H9Cl2FN2O. The van der Waals surface area contributed by atoms with Crippen molar-refractivity contribution >= 4 is 23.2 Å². The summed E-state index contributed by atoms with van der Waals surface area (Å²) in [6.07, 6.45) is 0. The van der Waals surface area contributed by atoms with Crippen LogP contribution in [-0.4, -0.2) is 9.97 Å². The van der Waals surface area contributed by atoms with Gasteiger partial charge in [0.1, 0.15) is 22.5 Å². The molecule has 94 valence electrons. The summed E-state index contributed by atoms with van der Waals surface area (Å²) in [4.78, 5) is 8.12. The average molecular weight is 287 g/mol. The monoisotopic (exact) mass is 286 g/mol. The molecule has 2 aromatic rings. The van der Waals surface area contributed by atoms with Crippen molar-refractivity contribution in [1.29, 1.82) is 0 Å². The van der Waals surface area contributed by atoms with E-state index in [4.69, 9.17) is 27.9 Å². The molecule has 1 aromatic carbocycles. The summed E-state index contributed by atoms with van der Waals surface area (Å²) in [6.45, 7) is 3.43. The molecule has 6 heteroatoms. The Morgan fingerprint density at radius 2 is 1.89 bits per heavy atom. The predicted octanol–water partition coefficient (Wildman–Crippen LogP) is 4.33. The maximum Gasteiger partial charge on any atom is 0.227 e. The number of hydrogen-bond acceptors (Lipinski definition) is 3. The van der Waals surface area contributed by atoms with Gasteiger partial charge in [-0.25, -0.2) is 9.37 Å². The fourth-order valence-corrected chi connectivity index (χ4v) is 1.74. The summed E-state index contributed by atoms with van der Waals surface area (Å²) < 4.78 is 18.4. The van der Waals surface area contributed by atoms with Crippen LogP contribution in [0.3, 0.4) is 0 Å². The van der Waals surface area contributed by atoms with Gasteiger partial charge in [-0.15, -0.1) is 0 Å². The van der Waals surface area contributed by atoms with E-state index in [-0.39, 0.29) is 5.02 Å². The number of hydrogen-bond donors (Lipinski definition) is 0. The van der Waals surface area contributed by atoms with E-state index >= 15 is 0 Å². The van der Waals surface area contributed by atoms with Gasteiger partial charge < -0.3 is 4.74 Å². The first-order chi connectivity index (χ1) is 8.47. The Bertz CT molecular complexity index is 605. The lowest BCUT2D eigenvalue weighted by molar-refractivity contribution is 0.454. The van der Waals surface area contributed by atoms with E-state index in [1.54, 1.807) is 13.8 Å². The fraction of sp³-hybridized carbons (Fsp3) is 0.167. The molecule has 0 radical (unpaired) electrons. The molecule has 18 heavy (non-hydrogen) atoms. The van der Waals surface area contributed by atoms with Gasteiger partial charge in [-0.2, -0.15) is 4.98 Å². The molecule has 0 unspecified atom stereocenters. The number of halogens is 3. The van der Waals surface area contributed by atoms with Crippen molar-refractivity contribution in [1.82, 2.24) is 9.97 Å². The number of rotatable bonds is 2. The van der Waals surface area contributed by atoms with Crippen LogP contribution in [0.5, 0.6) is 11.6 Å². The molecule has 0 aliphatic rings. The molecular weight excluding hydrogens is 278 g/mol. The first kappa shape index (κ1) is 13.1. The molecule has 1 heterocycles. The molecule has 0 atom stereocenters. The molecule has 2 rings (SSSR count). The molecule has 0 saturated heterocycles. The molecule has 0 fully saturated rings. The van der Waals surface area contributed by atoms with E-state index in [9.17, 15) is 4.39 Å². The van der Waals surface area contributed by atoms with Crippen LogP contribution in [0.25, 0.3) is 0 Å². The predicted molar refractivity (Wildman–Crippen MR) is 68.0 cm³/mol. The van der Waals surface area contributed by atoms with E-state index in [0.29, 0.717) is 28.2 Å². The lowest BCUT2D eigenvalue weighted by Gasteiger charge is -2.10. The summed E-state index contributed by atoms with van der Waals surface area (Å²) in [5.74, 6) is 0.677. The van der Waals surface area contributed by atoms with E-state index in [1.165, 1.54) is 18.2 Å². The quantitative estimate of drug-likeness (QED) is 0.771. The van der Waals surface area contributed by atoms with Crippen LogP contribution in [0, 0.1) is 19.7 Å². The molecule has 0 amide bonds. The molecule has 0 aliphatic carbocycles. The van der Waals surface area contributed by atoms with Gasteiger partial charge in [0, 0.05) is 5.56 Å². The van der Waals surface area contributed by atoms with E-state index in [2.05, 4.69) is 9.97 Å². The minimum absolute atomic E-state index is 0.168. The fourth-order valence-electron chi connectivity index (χ4n) is 1.33. The highest BCUT2D eigenvalue weighted by atomic mass is 35.5. The Morgan fingerprint density at radius 1 is 1.17 bits per heavy atom. The first-order valence-corrected chi connectivity index (χ1v) is 5.86. The Labute approximate surface area is 114 Å². The second-order valence-electron chi connectivity index (χ2n) is 3.67. The second-order valence-corrected chi connectivity index (χ2v) is 4.43. The second kappa shape index (κ2) is 5.08. The average Bonchev–Trinajstić information content (AvgIpc) is 2.29. The van der Waals surface area contributed by atoms with Gasteiger partial charge >= 0.3 is 0 Å². The van der Waals surface area contributed by atoms with Gasteiger partial charge in [-0.05, 0) is 32.0 Å². The largest absolute Gasteiger partial charge is 0.437 e. The number of aryl methyl sites for hydroxylation is 1. The zero-order valence-electron chi connectivity index (χ0n) is 9.67. The van der Waals surface area contributed by atoms with Crippen LogP contribution in [-0.2, 0) is 0 Å². The highest BCUT2D eigenvalue weighted by molar-refractivity contribution is 6.32. The van der Waals surface area contributed by atoms with Crippen LogP contribution >= 0.6 is 23.2 Å². The van der Waals surface area contributed by atoms with E-state index < -0.39 is 5.82 Å². The Balaban J connectivity index is 2.40. The standard InChI is InChI=1S/C12H9Cl2FN2O/c1-6-11(14)16-7(2)17-12(6)18-10-4-3-8(15)5-9(10)13/h3-5H,1-2H3. The van der Waals surface area contributed by atoms with Crippen LogP contribution in [0.15, 0.2) is 18.2 Å². The molecule has 3 nitrogen and oxygen atoms in total. The van der Waals surface area contributed by atoms with Gasteiger partial charge in [-0.3, -0.25) is 0 Å². The van der Waals surface area contributed by atoms with Gasteiger partial charge in [0.2, 0.25) is 5.88 Å². The summed E-state index contributed by atoms with van der Waals surface area (Å²) >= 11 is 11.8. The van der Waals surface area contributed by atoms with Gasteiger partial charge in [0.05, 0.1) is 5.02 Å². The van der Waals surface area contributed by atoms with Crippen LogP contribution in [0.2, 0.25) is 10.2 Å². The van der Waals surface area contributed by atoms with Crippen molar-refractivity contribution in [2.45, 2.75) is 13.8 Å². The van der Waals surface area contributed by atoms with Crippen molar-refractivity contribution in [2.24, 2.45) is 0 Å².